The molecule has 3 rings (SSSR count). The Bertz CT molecular complexity index is 965. The van der Waals surface area contributed by atoms with Gasteiger partial charge in [0.15, 0.2) is 6.61 Å². The quantitative estimate of drug-likeness (QED) is 0.612. The van der Waals surface area contributed by atoms with Crippen molar-refractivity contribution < 1.29 is 23.5 Å². The highest BCUT2D eigenvalue weighted by Gasteiger charge is 2.34. The minimum Gasteiger partial charge on any atom is -0.484 e. The maximum atomic E-state index is 13.7. The molecule has 9 heteroatoms. The first-order chi connectivity index (χ1) is 13.9. The topological polar surface area (TPSA) is 75.7 Å². The minimum absolute atomic E-state index is 0.0172. The van der Waals surface area contributed by atoms with Crippen molar-refractivity contribution in [2.24, 2.45) is 0 Å². The lowest BCUT2D eigenvalue weighted by Gasteiger charge is -2.13. The maximum absolute atomic E-state index is 13.7. The highest BCUT2D eigenvalue weighted by Crippen LogP contribution is 2.32. The lowest BCUT2D eigenvalue weighted by molar-refractivity contribution is -0.125. The molecular formula is C20H16BrFN2O4S. The zero-order valence-electron chi connectivity index (χ0n) is 15.1. The van der Waals surface area contributed by atoms with Crippen molar-refractivity contribution in [3.05, 3.63) is 69.3 Å². The third-order valence-electron chi connectivity index (χ3n) is 3.91. The summed E-state index contributed by atoms with van der Waals surface area (Å²) in [5.41, 5.74) is 0.233. The average molecular weight is 479 g/mol. The first-order valence-electron chi connectivity index (χ1n) is 8.59. The fourth-order valence-electron chi connectivity index (χ4n) is 2.46. The van der Waals surface area contributed by atoms with E-state index in [9.17, 15) is 18.8 Å². The van der Waals surface area contributed by atoms with Crippen LogP contribution in [0.25, 0.3) is 6.08 Å². The van der Waals surface area contributed by atoms with Crippen LogP contribution in [0.2, 0.25) is 0 Å². The highest BCUT2D eigenvalue weighted by molar-refractivity contribution is 9.10. The minimum atomic E-state index is -0.511. The molecule has 0 atom stereocenters. The summed E-state index contributed by atoms with van der Waals surface area (Å²) >= 11 is 4.05. The van der Waals surface area contributed by atoms with Crippen LogP contribution in [0.4, 0.5) is 9.18 Å². The predicted molar refractivity (Wildman–Crippen MR) is 112 cm³/mol. The zero-order valence-corrected chi connectivity index (χ0v) is 17.5. The van der Waals surface area contributed by atoms with Crippen LogP contribution in [0.15, 0.2) is 57.9 Å². The summed E-state index contributed by atoms with van der Waals surface area (Å²) < 4.78 is 20.0. The number of ether oxygens (including phenoxy) is 1. The van der Waals surface area contributed by atoms with Crippen molar-refractivity contribution in [3.8, 4) is 5.75 Å². The van der Waals surface area contributed by atoms with Crippen LogP contribution in [0.3, 0.4) is 0 Å². The number of benzene rings is 2. The molecule has 29 heavy (non-hydrogen) atoms. The van der Waals surface area contributed by atoms with Gasteiger partial charge in [-0.3, -0.25) is 19.3 Å². The number of carbonyl (C=O) groups is 3. The molecule has 1 heterocycles. The van der Waals surface area contributed by atoms with Crippen molar-refractivity contribution in [2.45, 2.75) is 0 Å². The van der Waals surface area contributed by atoms with Gasteiger partial charge in [-0.1, -0.05) is 34.1 Å². The van der Waals surface area contributed by atoms with Gasteiger partial charge < -0.3 is 10.1 Å². The number of thioether (sulfide) groups is 1. The van der Waals surface area contributed by atoms with Gasteiger partial charge in [0.2, 0.25) is 0 Å². The van der Waals surface area contributed by atoms with Crippen molar-refractivity contribution in [1.29, 1.82) is 0 Å². The molecular weight excluding hydrogens is 463 g/mol. The molecule has 0 aromatic heterocycles. The van der Waals surface area contributed by atoms with Gasteiger partial charge >= 0.3 is 0 Å². The normalized spacial score (nSPS) is 15.1. The van der Waals surface area contributed by atoms with Crippen LogP contribution in [0.1, 0.15) is 5.56 Å². The number of carbonyl (C=O) groups excluding carboxylic acids is 3. The number of nitrogens with zero attached hydrogens (tertiary/aromatic N) is 1. The standard InChI is InChI=1S/C20H16BrFN2O4S/c21-14-5-7-15(8-6-14)28-12-18(25)23-9-10-24-19(26)17(29-20(24)27)11-13-3-1-2-4-16(13)22/h1-8,11H,9-10,12H2,(H,23,25)/b17-11-. The molecule has 0 saturated carbocycles. The van der Waals surface area contributed by atoms with E-state index in [0.717, 1.165) is 21.1 Å². The molecule has 0 unspecified atom stereocenters. The van der Waals surface area contributed by atoms with Gasteiger partial charge in [0.05, 0.1) is 4.91 Å². The molecule has 1 aliphatic rings. The second-order valence-corrected chi connectivity index (χ2v) is 7.86. The van der Waals surface area contributed by atoms with Crippen molar-refractivity contribution in [2.75, 3.05) is 19.7 Å². The largest absolute Gasteiger partial charge is 0.484 e. The molecule has 0 aliphatic carbocycles. The zero-order chi connectivity index (χ0) is 20.8. The van der Waals surface area contributed by atoms with Crippen molar-refractivity contribution in [3.63, 3.8) is 0 Å². The molecule has 0 radical (unpaired) electrons. The number of imide groups is 1. The van der Waals surface area contributed by atoms with E-state index in [-0.39, 0.29) is 36.1 Å². The molecule has 1 fully saturated rings. The average Bonchev–Trinajstić information content (AvgIpc) is 2.96. The van der Waals surface area contributed by atoms with Gasteiger partial charge in [-0.05, 0) is 48.2 Å². The van der Waals surface area contributed by atoms with Crippen molar-refractivity contribution >= 4 is 50.8 Å². The van der Waals surface area contributed by atoms with Crippen LogP contribution >= 0.6 is 27.7 Å². The molecule has 6 nitrogen and oxygen atoms in total. The van der Waals surface area contributed by atoms with Crippen LogP contribution in [-0.2, 0) is 9.59 Å². The number of nitrogens with one attached hydrogen (secondary N) is 1. The predicted octanol–water partition coefficient (Wildman–Crippen LogP) is 3.82. The molecule has 3 amide bonds. The van der Waals surface area contributed by atoms with E-state index in [1.165, 1.54) is 18.2 Å². The third-order valence-corrected chi connectivity index (χ3v) is 5.34. The van der Waals surface area contributed by atoms with E-state index in [2.05, 4.69) is 21.2 Å². The van der Waals surface area contributed by atoms with Gasteiger partial charge in [0.1, 0.15) is 11.6 Å². The lowest BCUT2D eigenvalue weighted by atomic mass is 10.2. The van der Waals surface area contributed by atoms with E-state index < -0.39 is 17.0 Å². The van der Waals surface area contributed by atoms with Gasteiger partial charge in [-0.2, -0.15) is 0 Å². The summed E-state index contributed by atoms with van der Waals surface area (Å²) in [4.78, 5) is 37.5. The maximum Gasteiger partial charge on any atom is 0.293 e. The number of hydrogen-bond acceptors (Lipinski definition) is 5. The fraction of sp³-hybridized carbons (Fsp3) is 0.150. The molecule has 2 aromatic carbocycles. The van der Waals surface area contributed by atoms with E-state index in [4.69, 9.17) is 4.74 Å². The number of halogens is 2. The monoisotopic (exact) mass is 478 g/mol. The van der Waals surface area contributed by atoms with E-state index in [1.54, 1.807) is 36.4 Å². The summed E-state index contributed by atoms with van der Waals surface area (Å²) in [6, 6.07) is 13.0. The molecule has 1 saturated heterocycles. The second-order valence-electron chi connectivity index (χ2n) is 5.95. The Morgan fingerprint density at radius 2 is 1.90 bits per heavy atom. The van der Waals surface area contributed by atoms with Gasteiger partial charge in [0, 0.05) is 23.1 Å². The first-order valence-corrected chi connectivity index (χ1v) is 10.2. The summed E-state index contributed by atoms with van der Waals surface area (Å²) in [5, 5.41) is 2.14. The van der Waals surface area contributed by atoms with E-state index in [1.807, 2.05) is 0 Å². The summed E-state index contributed by atoms with van der Waals surface area (Å²) in [7, 11) is 0. The van der Waals surface area contributed by atoms with Gasteiger partial charge in [-0.15, -0.1) is 0 Å². The number of hydrogen-bond donors (Lipinski definition) is 1. The van der Waals surface area contributed by atoms with Crippen LogP contribution in [0.5, 0.6) is 5.75 Å². The SMILES string of the molecule is O=C(COc1ccc(Br)cc1)NCCN1C(=O)S/C(=C\c2ccccc2F)C1=O. The summed E-state index contributed by atoms with van der Waals surface area (Å²) in [6.07, 6.45) is 1.35. The Hall–Kier alpha value is -2.65. The second kappa shape index (κ2) is 9.71. The smallest absolute Gasteiger partial charge is 0.293 e. The molecule has 1 N–H and O–H groups in total. The van der Waals surface area contributed by atoms with Crippen molar-refractivity contribution in [1.82, 2.24) is 10.2 Å². The van der Waals surface area contributed by atoms with Crippen LogP contribution in [0, 0.1) is 5.82 Å². The molecule has 150 valence electrons. The lowest BCUT2D eigenvalue weighted by Crippen LogP contribution is -2.38. The Morgan fingerprint density at radius 3 is 2.62 bits per heavy atom. The van der Waals surface area contributed by atoms with Crippen LogP contribution < -0.4 is 10.1 Å². The van der Waals surface area contributed by atoms with Gasteiger partial charge in [0.25, 0.3) is 17.1 Å². The fourth-order valence-corrected chi connectivity index (χ4v) is 3.58. The number of amides is 3. The Morgan fingerprint density at radius 1 is 1.17 bits per heavy atom. The van der Waals surface area contributed by atoms with E-state index >= 15 is 0 Å². The molecule has 0 bridgehead atoms. The highest BCUT2D eigenvalue weighted by atomic mass is 79.9. The molecule has 0 spiro atoms. The summed E-state index contributed by atoms with van der Waals surface area (Å²) in [5.74, 6) is -0.810. The van der Waals surface area contributed by atoms with Crippen LogP contribution in [-0.4, -0.2) is 41.6 Å². The third kappa shape index (κ3) is 5.68. The molecule has 1 aliphatic heterocycles. The Kier molecular flexibility index (Phi) is 7.05. The van der Waals surface area contributed by atoms with Gasteiger partial charge in [-0.25, -0.2) is 4.39 Å². The van der Waals surface area contributed by atoms with E-state index in [0.29, 0.717) is 5.75 Å². The summed E-state index contributed by atoms with van der Waals surface area (Å²) in [6.45, 7) is -0.0758. The number of rotatable bonds is 7. The Balaban J connectivity index is 1.48. The molecule has 2 aromatic rings. The Labute approximate surface area is 179 Å². The first kappa shape index (κ1) is 21.1.